The molecule has 2 saturated heterocycles. The van der Waals surface area contributed by atoms with Crippen molar-refractivity contribution < 1.29 is 57.2 Å². The van der Waals surface area contributed by atoms with Gasteiger partial charge in [-0.2, -0.15) is 5.10 Å². The fraction of sp³-hybridized carbons (Fsp3) is 0.516. The molecular weight excluding hydrogens is 654 g/mol. The third kappa shape index (κ3) is 9.64. The van der Waals surface area contributed by atoms with Crippen molar-refractivity contribution in [2.24, 2.45) is 0 Å². The van der Waals surface area contributed by atoms with Gasteiger partial charge in [-0.1, -0.05) is 18.2 Å². The number of likely N-dealkylation sites (tertiary alicyclic amines) is 1. The predicted molar refractivity (Wildman–Crippen MR) is 164 cm³/mol. The molecule has 2 atom stereocenters. The molecule has 2 aliphatic heterocycles. The van der Waals surface area contributed by atoms with Gasteiger partial charge in [-0.3, -0.25) is 19.2 Å². The first-order chi connectivity index (χ1) is 22.9. The molecule has 3 N–H and O–H groups in total. The summed E-state index contributed by atoms with van der Waals surface area (Å²) in [5, 5.41) is 25.5. The Balaban J connectivity index is 1.54. The Bertz CT molecular complexity index is 1570. The zero-order chi connectivity index (χ0) is 36.1. The molecule has 1 aromatic heterocycles. The lowest BCUT2D eigenvalue weighted by Gasteiger charge is -2.35. The topological polar surface area (TPSA) is 201 Å². The van der Waals surface area contributed by atoms with Crippen LogP contribution in [-0.4, -0.2) is 133 Å². The fourth-order valence-corrected chi connectivity index (χ4v) is 5.33. The molecule has 0 unspecified atom stereocenters. The Kier molecular flexibility index (Phi) is 11.1. The van der Waals surface area contributed by atoms with E-state index in [0.29, 0.717) is 10.6 Å². The monoisotopic (exact) mass is 692 g/mol. The first kappa shape index (κ1) is 36.5. The first-order valence-corrected chi connectivity index (χ1v) is 15.4. The lowest BCUT2D eigenvalue weighted by molar-refractivity contribution is -0.155. The van der Waals surface area contributed by atoms with Crippen LogP contribution < -0.4 is 10.1 Å². The van der Waals surface area contributed by atoms with E-state index in [1.807, 2.05) is 0 Å². The number of piperazine rings is 1. The lowest BCUT2D eigenvalue weighted by atomic mass is 10.1. The number of nitrogens with one attached hydrogen (secondary N) is 1. The molecule has 3 heterocycles. The van der Waals surface area contributed by atoms with Gasteiger partial charge in [0, 0.05) is 45.1 Å². The summed E-state index contributed by atoms with van der Waals surface area (Å²) < 4.78 is 40.0. The molecule has 18 heteroatoms. The quantitative estimate of drug-likeness (QED) is 0.289. The maximum Gasteiger partial charge on any atom is 0.407 e. The van der Waals surface area contributed by atoms with Gasteiger partial charge in [0.1, 0.15) is 17.7 Å². The molecule has 0 radical (unpaired) electrons. The zero-order valence-electron chi connectivity index (χ0n) is 27.1. The van der Waals surface area contributed by atoms with Gasteiger partial charge in [0.05, 0.1) is 12.2 Å². The summed E-state index contributed by atoms with van der Waals surface area (Å²) in [7, 11) is 0. The minimum Gasteiger partial charge on any atom is -0.480 e. The standard InChI is InChI=1S/C31H38F2N6O10/c1-30(2,3)49-25(41)10-9-20(27(43)36-11-13-37(14-12-36)29(46)47)34-26(42)21-15-24(39(35-21)19-7-5-4-6-8-19)48-17-23(40)38-18-31(32,33)16-22(38)28(44)45/h4-8,15,20,22H,9-14,16-18H2,1-3H3,(H,34,42)(H,44,45)(H,46,47)/t20-,22-/m0/s1. The van der Waals surface area contributed by atoms with Crippen molar-refractivity contribution in [3.05, 3.63) is 42.1 Å². The predicted octanol–water partition coefficient (Wildman–Crippen LogP) is 1.61. The summed E-state index contributed by atoms with van der Waals surface area (Å²) in [4.78, 5) is 78.3. The van der Waals surface area contributed by atoms with Crippen LogP contribution in [0.1, 0.15) is 50.5 Å². The third-order valence-electron chi connectivity index (χ3n) is 7.65. The van der Waals surface area contributed by atoms with Crippen LogP contribution in [0.5, 0.6) is 5.88 Å². The van der Waals surface area contributed by atoms with Crippen molar-refractivity contribution in [3.8, 4) is 11.6 Å². The van der Waals surface area contributed by atoms with E-state index in [1.54, 1.807) is 51.1 Å². The van der Waals surface area contributed by atoms with Gasteiger partial charge >= 0.3 is 18.0 Å². The summed E-state index contributed by atoms with van der Waals surface area (Å²) >= 11 is 0. The summed E-state index contributed by atoms with van der Waals surface area (Å²) in [6, 6.07) is 6.41. The van der Waals surface area contributed by atoms with Crippen molar-refractivity contribution >= 4 is 35.8 Å². The number of hydrogen-bond acceptors (Lipinski definition) is 9. The molecule has 2 aromatic rings. The molecule has 0 bridgehead atoms. The van der Waals surface area contributed by atoms with Gasteiger partial charge in [-0.05, 0) is 39.3 Å². The number of benzene rings is 1. The summed E-state index contributed by atoms with van der Waals surface area (Å²) in [5.74, 6) is -8.18. The smallest absolute Gasteiger partial charge is 0.407 e. The third-order valence-corrected chi connectivity index (χ3v) is 7.65. The Morgan fingerprint density at radius 3 is 2.24 bits per heavy atom. The number of alkyl halides is 2. The Morgan fingerprint density at radius 2 is 1.65 bits per heavy atom. The van der Waals surface area contributed by atoms with E-state index in [2.05, 4.69) is 10.4 Å². The molecule has 0 aliphatic carbocycles. The second kappa shape index (κ2) is 14.9. The minimum absolute atomic E-state index is 0.0526. The number of rotatable bonds is 11. The second-order valence-corrected chi connectivity index (χ2v) is 12.6. The SMILES string of the molecule is CC(C)(C)OC(=O)CC[C@H](NC(=O)c1cc(OCC(=O)N2CC(F)(F)C[C@H]2C(=O)O)n(-c2ccccc2)n1)C(=O)N1CCN(C(=O)O)CC1. The van der Waals surface area contributed by atoms with Gasteiger partial charge in [0.2, 0.25) is 11.8 Å². The number of hydrogen-bond donors (Lipinski definition) is 3. The highest BCUT2D eigenvalue weighted by Crippen LogP contribution is 2.32. The Morgan fingerprint density at radius 1 is 1.02 bits per heavy atom. The zero-order valence-corrected chi connectivity index (χ0v) is 27.1. The van der Waals surface area contributed by atoms with Crippen molar-refractivity contribution in [1.82, 2.24) is 29.8 Å². The van der Waals surface area contributed by atoms with Crippen molar-refractivity contribution in [2.75, 3.05) is 39.3 Å². The van der Waals surface area contributed by atoms with Crippen molar-refractivity contribution in [1.29, 1.82) is 0 Å². The number of aromatic nitrogens is 2. The van der Waals surface area contributed by atoms with Crippen LogP contribution in [0.4, 0.5) is 13.6 Å². The molecule has 2 aliphatic rings. The normalized spacial score (nSPS) is 18.1. The van der Waals surface area contributed by atoms with Crippen LogP contribution in [0.25, 0.3) is 5.69 Å². The number of carboxylic acid groups (broad SMARTS) is 2. The summed E-state index contributed by atoms with van der Waals surface area (Å²) in [5.41, 5.74) is -0.679. The number of amides is 4. The molecule has 0 spiro atoms. The van der Waals surface area contributed by atoms with E-state index in [1.165, 1.54) is 4.90 Å². The van der Waals surface area contributed by atoms with Gasteiger partial charge < -0.3 is 39.7 Å². The highest BCUT2D eigenvalue weighted by atomic mass is 19.3. The van der Waals surface area contributed by atoms with Gasteiger partial charge in [0.25, 0.3) is 17.7 Å². The van der Waals surface area contributed by atoms with E-state index in [4.69, 9.17) is 9.47 Å². The van der Waals surface area contributed by atoms with Crippen LogP contribution in [0.3, 0.4) is 0 Å². The summed E-state index contributed by atoms with van der Waals surface area (Å²) in [6.07, 6.45) is -2.55. The highest BCUT2D eigenvalue weighted by Gasteiger charge is 2.50. The summed E-state index contributed by atoms with van der Waals surface area (Å²) in [6.45, 7) is 3.32. The average Bonchev–Trinajstić information content (AvgIpc) is 3.62. The minimum atomic E-state index is -3.39. The van der Waals surface area contributed by atoms with E-state index < -0.39 is 78.9 Å². The number of carboxylic acids is 1. The molecule has 16 nitrogen and oxygen atoms in total. The molecule has 4 amide bonds. The van der Waals surface area contributed by atoms with Crippen LogP contribution in [0.2, 0.25) is 0 Å². The van der Waals surface area contributed by atoms with E-state index in [0.717, 1.165) is 15.6 Å². The van der Waals surface area contributed by atoms with Gasteiger partial charge in [0.15, 0.2) is 12.3 Å². The lowest BCUT2D eigenvalue weighted by Crippen LogP contribution is -2.55. The fourth-order valence-electron chi connectivity index (χ4n) is 5.33. The second-order valence-electron chi connectivity index (χ2n) is 12.6. The number of carbonyl (C=O) groups excluding carboxylic acids is 4. The number of para-hydroxylation sites is 1. The molecule has 4 rings (SSSR count). The van der Waals surface area contributed by atoms with Crippen molar-refractivity contribution in [2.45, 2.75) is 63.6 Å². The number of nitrogens with zero attached hydrogens (tertiary/aromatic N) is 5. The van der Waals surface area contributed by atoms with Crippen LogP contribution in [0, 0.1) is 0 Å². The van der Waals surface area contributed by atoms with E-state index in [-0.39, 0.29) is 50.6 Å². The number of ether oxygens (including phenoxy) is 2. The number of esters is 1. The molecule has 0 saturated carbocycles. The van der Waals surface area contributed by atoms with E-state index in [9.17, 15) is 47.8 Å². The Labute approximate surface area is 279 Å². The molecule has 1 aromatic carbocycles. The number of aliphatic carboxylic acids is 1. The molecule has 2 fully saturated rings. The van der Waals surface area contributed by atoms with Crippen LogP contribution >= 0.6 is 0 Å². The largest absolute Gasteiger partial charge is 0.480 e. The van der Waals surface area contributed by atoms with Crippen LogP contribution in [0.15, 0.2) is 36.4 Å². The van der Waals surface area contributed by atoms with E-state index >= 15 is 0 Å². The van der Waals surface area contributed by atoms with Gasteiger partial charge in [-0.25, -0.2) is 23.1 Å². The average molecular weight is 693 g/mol. The molecule has 49 heavy (non-hydrogen) atoms. The highest BCUT2D eigenvalue weighted by molar-refractivity contribution is 5.96. The van der Waals surface area contributed by atoms with Crippen LogP contribution in [-0.2, 0) is 23.9 Å². The maximum atomic E-state index is 14.0. The number of halogens is 2. The first-order valence-electron chi connectivity index (χ1n) is 15.4. The van der Waals surface area contributed by atoms with Crippen molar-refractivity contribution in [3.63, 3.8) is 0 Å². The molecular formula is C31H38F2N6O10. The van der Waals surface area contributed by atoms with Gasteiger partial charge in [-0.15, -0.1) is 0 Å². The maximum absolute atomic E-state index is 14.0. The number of carbonyl (C=O) groups is 6. The molecule has 266 valence electrons. The Hall–Kier alpha value is -5.29.